The summed E-state index contributed by atoms with van der Waals surface area (Å²) in [7, 11) is 0. The van der Waals surface area contributed by atoms with Gasteiger partial charge in [0.25, 0.3) is 0 Å². The van der Waals surface area contributed by atoms with Gasteiger partial charge in [0.15, 0.2) is 0 Å². The molecule has 0 spiro atoms. The van der Waals surface area contributed by atoms with Crippen molar-refractivity contribution in [3.8, 4) is 0 Å². The van der Waals surface area contributed by atoms with Crippen molar-refractivity contribution in [3.63, 3.8) is 0 Å². The monoisotopic (exact) mass is 401 g/mol. The minimum atomic E-state index is -2.52. The Balaban J connectivity index is 3.06. The van der Waals surface area contributed by atoms with E-state index < -0.39 is 18.4 Å². The molecule has 0 aliphatic heterocycles. The molecule has 21 heavy (non-hydrogen) atoms. The first-order chi connectivity index (χ1) is 10.1. The van der Waals surface area contributed by atoms with Crippen molar-refractivity contribution in [2.45, 2.75) is 79.5 Å². The molecule has 0 saturated carbocycles. The Labute approximate surface area is 133 Å². The molecule has 0 aliphatic rings. The van der Waals surface area contributed by atoms with Gasteiger partial charge in [0.1, 0.15) is 0 Å². The Hall–Kier alpha value is -0.321. The van der Waals surface area contributed by atoms with Crippen LogP contribution in [-0.2, 0) is 0 Å². The second kappa shape index (κ2) is 9.65. The fourth-order valence-electron chi connectivity index (χ4n) is 2.98. The van der Waals surface area contributed by atoms with Crippen LogP contribution in [0.2, 0.25) is 13.3 Å². The van der Waals surface area contributed by atoms with Gasteiger partial charge in [-0.25, -0.2) is 0 Å². The van der Waals surface area contributed by atoms with Crippen LogP contribution in [0.1, 0.15) is 76.7 Å². The summed E-state index contributed by atoms with van der Waals surface area (Å²) < 4.78 is 10.9. The Kier molecular flexibility index (Phi) is 8.60. The SMILES string of the molecule is CCC[CH2][Sn]([CH2]CCC)([CH2]CCC)[c]1cc(C(C)=O)no1. The van der Waals surface area contributed by atoms with E-state index in [0.29, 0.717) is 5.69 Å². The average Bonchev–Trinajstić information content (AvgIpc) is 2.97. The van der Waals surface area contributed by atoms with Crippen LogP contribution in [-0.4, -0.2) is 29.3 Å². The number of nitrogens with zero attached hydrogens (tertiary/aromatic N) is 1. The summed E-state index contributed by atoms with van der Waals surface area (Å²) in [5, 5.41) is 4.03. The molecular weight excluding hydrogens is 369 g/mol. The van der Waals surface area contributed by atoms with E-state index in [2.05, 4.69) is 25.9 Å². The molecule has 0 amide bonds. The molecule has 1 heterocycles. The molecule has 3 nitrogen and oxygen atoms in total. The molecular formula is C17H31NO2Sn. The molecule has 0 unspecified atom stereocenters. The first kappa shape index (κ1) is 18.7. The van der Waals surface area contributed by atoms with Crippen LogP contribution in [0.15, 0.2) is 10.6 Å². The zero-order valence-corrected chi connectivity index (χ0v) is 17.1. The van der Waals surface area contributed by atoms with Crippen LogP contribution < -0.4 is 3.78 Å². The summed E-state index contributed by atoms with van der Waals surface area (Å²) in [5.74, 6) is 0.0201. The average molecular weight is 400 g/mol. The quantitative estimate of drug-likeness (QED) is 0.391. The van der Waals surface area contributed by atoms with E-state index in [-0.39, 0.29) is 5.78 Å². The van der Waals surface area contributed by atoms with Crippen molar-refractivity contribution in [2.75, 3.05) is 0 Å². The third kappa shape index (κ3) is 5.42. The zero-order chi connectivity index (χ0) is 15.7. The maximum atomic E-state index is 11.5. The van der Waals surface area contributed by atoms with Crippen molar-refractivity contribution in [1.29, 1.82) is 0 Å². The van der Waals surface area contributed by atoms with E-state index in [1.807, 2.05) is 6.07 Å². The summed E-state index contributed by atoms with van der Waals surface area (Å²) in [5.41, 5.74) is 0.524. The van der Waals surface area contributed by atoms with Crippen molar-refractivity contribution in [3.05, 3.63) is 11.8 Å². The third-order valence-corrected chi connectivity index (χ3v) is 19.3. The van der Waals surface area contributed by atoms with Gasteiger partial charge in [-0.3, -0.25) is 0 Å². The molecule has 0 aromatic carbocycles. The van der Waals surface area contributed by atoms with Crippen molar-refractivity contribution < 1.29 is 9.32 Å². The predicted molar refractivity (Wildman–Crippen MR) is 91.0 cm³/mol. The van der Waals surface area contributed by atoms with E-state index in [1.54, 1.807) is 6.92 Å². The van der Waals surface area contributed by atoms with E-state index in [9.17, 15) is 4.79 Å². The molecule has 1 aromatic rings. The van der Waals surface area contributed by atoms with Crippen molar-refractivity contribution in [1.82, 2.24) is 5.16 Å². The second-order valence-corrected chi connectivity index (χ2v) is 19.2. The number of carbonyl (C=O) groups excluding carboxylic acids is 1. The minimum absolute atomic E-state index is 0.0201. The summed E-state index contributed by atoms with van der Waals surface area (Å²) in [6, 6.07) is 1.99. The van der Waals surface area contributed by atoms with Gasteiger partial charge >= 0.3 is 134 Å². The maximum absolute atomic E-state index is 11.5. The number of Topliss-reactive ketones (excluding diaryl/α,β-unsaturated/α-hetero) is 1. The van der Waals surface area contributed by atoms with Crippen molar-refractivity contribution in [2.24, 2.45) is 0 Å². The number of aromatic nitrogens is 1. The van der Waals surface area contributed by atoms with Gasteiger partial charge in [0.2, 0.25) is 0 Å². The van der Waals surface area contributed by atoms with E-state index in [0.717, 1.165) is 3.78 Å². The van der Waals surface area contributed by atoms with Gasteiger partial charge in [-0.2, -0.15) is 0 Å². The second-order valence-electron chi connectivity index (χ2n) is 6.22. The molecule has 4 heteroatoms. The van der Waals surface area contributed by atoms with Gasteiger partial charge < -0.3 is 0 Å². The molecule has 0 radical (unpaired) electrons. The molecule has 120 valence electrons. The molecule has 0 N–H and O–H groups in total. The Morgan fingerprint density at radius 1 is 1.05 bits per heavy atom. The van der Waals surface area contributed by atoms with Crippen LogP contribution in [0, 0.1) is 0 Å². The molecule has 0 saturated heterocycles. The Morgan fingerprint density at radius 3 is 1.86 bits per heavy atom. The van der Waals surface area contributed by atoms with Crippen LogP contribution in [0.25, 0.3) is 0 Å². The number of hydrogen-bond donors (Lipinski definition) is 0. The third-order valence-electron chi connectivity index (χ3n) is 4.42. The van der Waals surface area contributed by atoms with E-state index in [1.165, 1.54) is 51.8 Å². The molecule has 0 atom stereocenters. The van der Waals surface area contributed by atoms with Crippen LogP contribution in [0.3, 0.4) is 0 Å². The molecule has 0 aliphatic carbocycles. The topological polar surface area (TPSA) is 43.1 Å². The number of carbonyl (C=O) groups is 1. The molecule has 1 rings (SSSR count). The normalized spacial score (nSPS) is 11.8. The Morgan fingerprint density at radius 2 is 1.52 bits per heavy atom. The summed E-state index contributed by atoms with van der Waals surface area (Å²) >= 11 is -2.52. The van der Waals surface area contributed by atoms with Crippen LogP contribution in [0.5, 0.6) is 0 Å². The van der Waals surface area contributed by atoms with Gasteiger partial charge in [-0.1, -0.05) is 0 Å². The number of hydrogen-bond acceptors (Lipinski definition) is 3. The summed E-state index contributed by atoms with van der Waals surface area (Å²) in [4.78, 5) is 11.5. The summed E-state index contributed by atoms with van der Waals surface area (Å²) in [6.07, 6.45) is 7.60. The first-order valence-corrected chi connectivity index (χ1v) is 16.1. The first-order valence-electron chi connectivity index (χ1n) is 8.57. The van der Waals surface area contributed by atoms with E-state index >= 15 is 0 Å². The van der Waals surface area contributed by atoms with Crippen LogP contribution >= 0.6 is 0 Å². The van der Waals surface area contributed by atoms with Gasteiger partial charge in [0.05, 0.1) is 0 Å². The van der Waals surface area contributed by atoms with E-state index in [4.69, 9.17) is 4.52 Å². The fourth-order valence-corrected chi connectivity index (χ4v) is 18.0. The van der Waals surface area contributed by atoms with Crippen molar-refractivity contribution >= 4 is 27.9 Å². The fraction of sp³-hybridized carbons (Fsp3) is 0.765. The standard InChI is InChI=1S/C5H4NO2.3C4H9.Sn/c1-4(7)5-2-3-8-6-5;3*1-3-4-2;/h2H,1H3;3*1,3-4H2,2H3;. The molecule has 0 bridgehead atoms. The summed E-state index contributed by atoms with van der Waals surface area (Å²) in [6.45, 7) is 8.36. The van der Waals surface area contributed by atoms with Gasteiger partial charge in [-0.05, 0) is 0 Å². The predicted octanol–water partition coefficient (Wildman–Crippen LogP) is 4.93. The van der Waals surface area contributed by atoms with Gasteiger partial charge in [0, 0.05) is 0 Å². The number of rotatable bonds is 11. The molecule has 0 fully saturated rings. The number of unbranched alkanes of at least 4 members (excludes halogenated alkanes) is 3. The zero-order valence-electron chi connectivity index (χ0n) is 14.2. The van der Waals surface area contributed by atoms with Crippen LogP contribution in [0.4, 0.5) is 0 Å². The Bertz CT molecular complexity index is 406. The molecule has 1 aromatic heterocycles. The number of ketones is 1. The van der Waals surface area contributed by atoms with Gasteiger partial charge in [-0.15, -0.1) is 0 Å².